The quantitative estimate of drug-likeness (QED) is 0.582. The van der Waals surface area contributed by atoms with Gasteiger partial charge in [-0.1, -0.05) is 44.2 Å². The molecule has 2 aromatic heterocycles. The first-order valence-corrected chi connectivity index (χ1v) is 8.34. The van der Waals surface area contributed by atoms with Gasteiger partial charge in [0.2, 0.25) is 0 Å². The van der Waals surface area contributed by atoms with Crippen LogP contribution < -0.4 is 5.43 Å². The molecule has 2 heterocycles. The molecule has 0 radical (unpaired) electrons. The molecule has 1 aromatic carbocycles. The molecular weight excluding hydrogens is 312 g/mol. The maximum absolute atomic E-state index is 12.5. The fourth-order valence-electron chi connectivity index (χ4n) is 2.73. The van der Waals surface area contributed by atoms with Crippen LogP contribution in [0.3, 0.4) is 0 Å². The number of hydrogen-bond acceptors (Lipinski definition) is 3. The molecule has 0 aliphatic heterocycles. The molecule has 0 fully saturated rings. The molecule has 0 saturated heterocycles. The van der Waals surface area contributed by atoms with Gasteiger partial charge in [-0.05, 0) is 42.5 Å². The number of aryl methyl sites for hydroxylation is 2. The molecule has 3 aromatic rings. The van der Waals surface area contributed by atoms with Crippen molar-refractivity contribution in [2.24, 2.45) is 5.10 Å². The van der Waals surface area contributed by atoms with Crippen molar-refractivity contribution >= 4 is 17.8 Å². The van der Waals surface area contributed by atoms with Crippen LogP contribution in [0.2, 0.25) is 0 Å². The summed E-state index contributed by atoms with van der Waals surface area (Å²) in [5.74, 6) is 0.220. The van der Waals surface area contributed by atoms with Gasteiger partial charge >= 0.3 is 0 Å². The van der Waals surface area contributed by atoms with E-state index in [1.807, 2.05) is 44.3 Å². The summed E-state index contributed by atoms with van der Waals surface area (Å²) in [6, 6.07) is 12.0. The van der Waals surface area contributed by atoms with Crippen LogP contribution in [0.5, 0.6) is 0 Å². The number of amides is 1. The molecule has 3 rings (SSSR count). The molecule has 1 N–H and O–H groups in total. The lowest BCUT2D eigenvalue weighted by Crippen LogP contribution is -2.20. The van der Waals surface area contributed by atoms with Crippen molar-refractivity contribution in [3.05, 3.63) is 70.7 Å². The zero-order valence-electron chi connectivity index (χ0n) is 14.9. The summed E-state index contributed by atoms with van der Waals surface area (Å²) in [5.41, 5.74) is 7.81. The van der Waals surface area contributed by atoms with E-state index in [4.69, 9.17) is 0 Å². The van der Waals surface area contributed by atoms with Crippen molar-refractivity contribution in [1.82, 2.24) is 14.8 Å². The number of benzene rings is 1. The van der Waals surface area contributed by atoms with Crippen LogP contribution in [0.25, 0.3) is 5.65 Å². The van der Waals surface area contributed by atoms with Gasteiger partial charge in [0.25, 0.3) is 5.91 Å². The zero-order chi connectivity index (χ0) is 18.0. The smallest absolute Gasteiger partial charge is 0.290 e. The number of carbonyl (C=O) groups is 1. The Kier molecular flexibility index (Phi) is 4.65. The fourth-order valence-corrected chi connectivity index (χ4v) is 2.73. The van der Waals surface area contributed by atoms with Crippen LogP contribution in [-0.2, 0) is 0 Å². The highest BCUT2D eigenvalue weighted by atomic mass is 16.2. The minimum Gasteiger partial charge on any atom is -0.295 e. The molecule has 5 heteroatoms. The third-order valence-electron chi connectivity index (χ3n) is 4.14. The van der Waals surface area contributed by atoms with Crippen molar-refractivity contribution in [2.45, 2.75) is 33.6 Å². The van der Waals surface area contributed by atoms with Crippen LogP contribution in [0.4, 0.5) is 0 Å². The molecule has 128 valence electrons. The van der Waals surface area contributed by atoms with E-state index in [1.165, 1.54) is 5.56 Å². The van der Waals surface area contributed by atoms with Crippen molar-refractivity contribution in [3.8, 4) is 0 Å². The monoisotopic (exact) mass is 334 g/mol. The summed E-state index contributed by atoms with van der Waals surface area (Å²) < 4.78 is 1.80. The number of rotatable bonds is 4. The highest BCUT2D eigenvalue weighted by Crippen LogP contribution is 2.14. The van der Waals surface area contributed by atoms with Crippen LogP contribution in [0, 0.1) is 13.8 Å². The SMILES string of the molecule is Cc1ccc2nc(C)c(C(=O)N/N=C/c3ccc(C(C)C)cc3)n2c1. The van der Waals surface area contributed by atoms with E-state index in [0.29, 0.717) is 17.3 Å². The van der Waals surface area contributed by atoms with E-state index in [9.17, 15) is 4.79 Å². The van der Waals surface area contributed by atoms with E-state index >= 15 is 0 Å². The number of hydrazone groups is 1. The van der Waals surface area contributed by atoms with Crippen molar-refractivity contribution in [3.63, 3.8) is 0 Å². The Morgan fingerprint density at radius 2 is 1.88 bits per heavy atom. The Morgan fingerprint density at radius 1 is 1.16 bits per heavy atom. The predicted octanol–water partition coefficient (Wildman–Crippen LogP) is 3.84. The Bertz CT molecular complexity index is 936. The van der Waals surface area contributed by atoms with E-state index in [-0.39, 0.29) is 5.91 Å². The Hall–Kier alpha value is -2.95. The number of aromatic nitrogens is 2. The van der Waals surface area contributed by atoms with Gasteiger partial charge in [-0.2, -0.15) is 5.10 Å². The molecule has 0 atom stereocenters. The molecule has 0 aliphatic rings. The van der Waals surface area contributed by atoms with Gasteiger partial charge in [-0.15, -0.1) is 0 Å². The summed E-state index contributed by atoms with van der Waals surface area (Å²) in [6.07, 6.45) is 3.55. The van der Waals surface area contributed by atoms with E-state index in [0.717, 1.165) is 16.8 Å². The number of fused-ring (bicyclic) bond motifs is 1. The van der Waals surface area contributed by atoms with Gasteiger partial charge in [-0.3, -0.25) is 9.20 Å². The minimum atomic E-state index is -0.273. The molecule has 0 bridgehead atoms. The molecule has 0 spiro atoms. The lowest BCUT2D eigenvalue weighted by Gasteiger charge is -2.05. The van der Waals surface area contributed by atoms with Gasteiger partial charge in [0.05, 0.1) is 11.9 Å². The lowest BCUT2D eigenvalue weighted by molar-refractivity contribution is 0.0948. The standard InChI is InChI=1S/C20H22N4O/c1-13(2)17-8-6-16(7-9-17)11-21-23-20(25)19-15(4)22-18-10-5-14(3)12-24(18)19/h5-13H,1-4H3,(H,23,25)/b21-11+. The third-order valence-corrected chi connectivity index (χ3v) is 4.14. The maximum Gasteiger partial charge on any atom is 0.290 e. The summed E-state index contributed by atoms with van der Waals surface area (Å²) >= 11 is 0. The van der Waals surface area contributed by atoms with E-state index < -0.39 is 0 Å². The molecule has 25 heavy (non-hydrogen) atoms. The second-order valence-electron chi connectivity index (χ2n) is 6.50. The third kappa shape index (κ3) is 3.60. The average Bonchev–Trinajstić information content (AvgIpc) is 2.90. The minimum absolute atomic E-state index is 0.273. The van der Waals surface area contributed by atoms with Crippen molar-refractivity contribution in [2.75, 3.05) is 0 Å². The van der Waals surface area contributed by atoms with Gasteiger partial charge < -0.3 is 0 Å². The Balaban J connectivity index is 1.76. The predicted molar refractivity (Wildman–Crippen MR) is 100 cm³/mol. The Labute approximate surface area is 147 Å². The van der Waals surface area contributed by atoms with Gasteiger partial charge in [-0.25, -0.2) is 10.4 Å². The highest BCUT2D eigenvalue weighted by molar-refractivity contribution is 5.95. The van der Waals surface area contributed by atoms with Gasteiger partial charge in [0.15, 0.2) is 0 Å². The van der Waals surface area contributed by atoms with Crippen molar-refractivity contribution < 1.29 is 4.79 Å². The van der Waals surface area contributed by atoms with Crippen LogP contribution in [0.1, 0.15) is 52.6 Å². The number of hydrogen-bond donors (Lipinski definition) is 1. The van der Waals surface area contributed by atoms with Gasteiger partial charge in [0, 0.05) is 6.20 Å². The normalized spacial score (nSPS) is 11.6. The topological polar surface area (TPSA) is 58.8 Å². The van der Waals surface area contributed by atoms with Crippen LogP contribution in [0.15, 0.2) is 47.7 Å². The van der Waals surface area contributed by atoms with E-state index in [1.54, 1.807) is 10.6 Å². The lowest BCUT2D eigenvalue weighted by atomic mass is 10.0. The largest absolute Gasteiger partial charge is 0.295 e. The first-order valence-electron chi connectivity index (χ1n) is 8.34. The molecule has 0 unspecified atom stereocenters. The van der Waals surface area contributed by atoms with Crippen molar-refractivity contribution in [1.29, 1.82) is 0 Å². The van der Waals surface area contributed by atoms with Gasteiger partial charge in [0.1, 0.15) is 11.3 Å². The molecular formula is C20H22N4O. The number of pyridine rings is 1. The summed E-state index contributed by atoms with van der Waals surface area (Å²) in [6.45, 7) is 8.12. The maximum atomic E-state index is 12.5. The number of nitrogens with zero attached hydrogens (tertiary/aromatic N) is 3. The second kappa shape index (κ2) is 6.89. The Morgan fingerprint density at radius 3 is 2.56 bits per heavy atom. The summed E-state index contributed by atoms with van der Waals surface area (Å²) in [5, 5.41) is 4.08. The van der Waals surface area contributed by atoms with E-state index in [2.05, 4.69) is 41.5 Å². The number of nitrogens with one attached hydrogen (secondary N) is 1. The average molecular weight is 334 g/mol. The molecule has 1 amide bonds. The second-order valence-corrected chi connectivity index (χ2v) is 6.50. The highest BCUT2D eigenvalue weighted by Gasteiger charge is 2.16. The molecule has 5 nitrogen and oxygen atoms in total. The summed E-state index contributed by atoms with van der Waals surface area (Å²) in [4.78, 5) is 16.9. The fraction of sp³-hybridized carbons (Fsp3) is 0.250. The number of carbonyl (C=O) groups excluding carboxylic acids is 1. The zero-order valence-corrected chi connectivity index (χ0v) is 14.9. The van der Waals surface area contributed by atoms with Crippen LogP contribution in [-0.4, -0.2) is 21.5 Å². The summed E-state index contributed by atoms with van der Waals surface area (Å²) in [7, 11) is 0. The molecule has 0 saturated carbocycles. The molecule has 0 aliphatic carbocycles. The first-order chi connectivity index (χ1) is 12.0. The number of imidazole rings is 1. The van der Waals surface area contributed by atoms with Crippen LogP contribution >= 0.6 is 0 Å². The first kappa shape index (κ1) is 16.9.